The molecule has 1 saturated carbocycles. The second-order valence-electron chi connectivity index (χ2n) is 7.45. The quantitative estimate of drug-likeness (QED) is 0.338. The van der Waals surface area contributed by atoms with Gasteiger partial charge in [-0.15, -0.1) is 0 Å². The van der Waals surface area contributed by atoms with Crippen molar-refractivity contribution in [2.24, 2.45) is 17.8 Å². The SMILES string of the molecule is CCCCCCNC(=O)C1CC(C(=O)NCCO)CC(C(=O)NCCOC)C1. The Morgan fingerprint density at radius 3 is 1.79 bits per heavy atom. The first kappa shape index (κ1) is 24.4. The first-order valence-corrected chi connectivity index (χ1v) is 10.5. The number of aliphatic hydroxyl groups excluding tert-OH is 1. The molecule has 4 N–H and O–H groups in total. The number of rotatable bonds is 13. The lowest BCUT2D eigenvalue weighted by Crippen LogP contribution is -2.45. The van der Waals surface area contributed by atoms with Crippen LogP contribution in [0.15, 0.2) is 0 Å². The van der Waals surface area contributed by atoms with Gasteiger partial charge in [0.2, 0.25) is 17.7 Å². The van der Waals surface area contributed by atoms with E-state index in [1.807, 2.05) is 0 Å². The van der Waals surface area contributed by atoms with Crippen molar-refractivity contribution >= 4 is 17.7 Å². The van der Waals surface area contributed by atoms with Crippen LogP contribution < -0.4 is 16.0 Å². The standard InChI is InChI=1S/C20H37N3O5/c1-3-4-5-6-7-21-18(25)15-12-16(19(26)22-8-10-24)14-17(13-15)20(27)23-9-11-28-2/h15-17,24H,3-14H2,1-2H3,(H,21,25)(H,22,26)(H,23,27). The molecular weight excluding hydrogens is 362 g/mol. The van der Waals surface area contributed by atoms with E-state index < -0.39 is 5.92 Å². The molecule has 3 atom stereocenters. The molecule has 0 bridgehead atoms. The lowest BCUT2D eigenvalue weighted by Gasteiger charge is -2.33. The Morgan fingerprint density at radius 2 is 1.32 bits per heavy atom. The van der Waals surface area contributed by atoms with Crippen LogP contribution in [0.3, 0.4) is 0 Å². The maximum atomic E-state index is 12.6. The van der Waals surface area contributed by atoms with Crippen LogP contribution in [-0.4, -0.2) is 62.8 Å². The van der Waals surface area contributed by atoms with Crippen LogP contribution in [0, 0.1) is 17.8 Å². The van der Waals surface area contributed by atoms with Crippen LogP contribution in [0.2, 0.25) is 0 Å². The van der Waals surface area contributed by atoms with E-state index in [0.29, 0.717) is 39.0 Å². The summed E-state index contributed by atoms with van der Waals surface area (Å²) >= 11 is 0. The molecule has 0 heterocycles. The molecule has 0 radical (unpaired) electrons. The fourth-order valence-corrected chi connectivity index (χ4v) is 3.61. The summed E-state index contributed by atoms with van der Waals surface area (Å²) in [6.07, 6.45) is 5.60. The van der Waals surface area contributed by atoms with Crippen molar-refractivity contribution in [3.8, 4) is 0 Å². The van der Waals surface area contributed by atoms with Crippen LogP contribution >= 0.6 is 0 Å². The van der Waals surface area contributed by atoms with E-state index in [1.165, 1.54) is 0 Å². The number of carbonyl (C=O) groups is 3. The fraction of sp³-hybridized carbons (Fsp3) is 0.850. The number of amides is 3. The summed E-state index contributed by atoms with van der Waals surface area (Å²) < 4.78 is 4.95. The number of hydrogen-bond acceptors (Lipinski definition) is 5. The lowest BCUT2D eigenvalue weighted by atomic mass is 9.74. The van der Waals surface area contributed by atoms with E-state index in [1.54, 1.807) is 7.11 Å². The Kier molecular flexibility index (Phi) is 12.5. The molecule has 0 aromatic rings. The van der Waals surface area contributed by atoms with Crippen LogP contribution in [0.1, 0.15) is 51.9 Å². The number of aliphatic hydroxyl groups is 1. The van der Waals surface area contributed by atoms with E-state index >= 15 is 0 Å². The third-order valence-corrected chi connectivity index (χ3v) is 5.17. The molecule has 0 spiro atoms. The molecular formula is C20H37N3O5. The summed E-state index contributed by atoms with van der Waals surface area (Å²) in [7, 11) is 1.56. The van der Waals surface area contributed by atoms with Gasteiger partial charge >= 0.3 is 0 Å². The van der Waals surface area contributed by atoms with Crippen molar-refractivity contribution in [1.82, 2.24) is 16.0 Å². The van der Waals surface area contributed by atoms with E-state index in [2.05, 4.69) is 22.9 Å². The van der Waals surface area contributed by atoms with Gasteiger partial charge in [0, 0.05) is 44.5 Å². The van der Waals surface area contributed by atoms with Gasteiger partial charge in [0.1, 0.15) is 0 Å². The average molecular weight is 400 g/mol. The Morgan fingerprint density at radius 1 is 0.821 bits per heavy atom. The van der Waals surface area contributed by atoms with E-state index in [9.17, 15) is 14.4 Å². The van der Waals surface area contributed by atoms with Crippen molar-refractivity contribution in [3.63, 3.8) is 0 Å². The van der Waals surface area contributed by atoms with E-state index in [4.69, 9.17) is 9.84 Å². The molecule has 28 heavy (non-hydrogen) atoms. The minimum atomic E-state index is -0.408. The van der Waals surface area contributed by atoms with Gasteiger partial charge in [0.05, 0.1) is 13.2 Å². The highest BCUT2D eigenvalue weighted by Gasteiger charge is 2.38. The molecule has 0 aliphatic heterocycles. The zero-order valence-electron chi connectivity index (χ0n) is 17.3. The maximum Gasteiger partial charge on any atom is 0.223 e. The number of hydrogen-bond donors (Lipinski definition) is 4. The van der Waals surface area contributed by atoms with Crippen LogP contribution in [0.5, 0.6) is 0 Å². The molecule has 3 unspecified atom stereocenters. The van der Waals surface area contributed by atoms with Gasteiger partial charge in [0.15, 0.2) is 0 Å². The van der Waals surface area contributed by atoms with E-state index in [0.717, 1.165) is 25.7 Å². The first-order chi connectivity index (χ1) is 13.5. The fourth-order valence-electron chi connectivity index (χ4n) is 3.61. The normalized spacial score (nSPS) is 21.8. The summed E-state index contributed by atoms with van der Waals surface area (Å²) in [6.45, 7) is 3.62. The summed E-state index contributed by atoms with van der Waals surface area (Å²) in [5, 5.41) is 17.4. The Bertz CT molecular complexity index is 486. The average Bonchev–Trinajstić information content (AvgIpc) is 2.71. The largest absolute Gasteiger partial charge is 0.395 e. The molecule has 8 heteroatoms. The molecule has 162 valence electrons. The molecule has 0 saturated heterocycles. The van der Waals surface area contributed by atoms with Crippen molar-refractivity contribution in [1.29, 1.82) is 0 Å². The number of unbranched alkanes of at least 4 members (excludes halogenated alkanes) is 3. The van der Waals surface area contributed by atoms with Gasteiger partial charge in [-0.25, -0.2) is 0 Å². The highest BCUT2D eigenvalue weighted by molar-refractivity contribution is 5.85. The minimum Gasteiger partial charge on any atom is -0.395 e. The van der Waals surface area contributed by atoms with Crippen molar-refractivity contribution < 1.29 is 24.2 Å². The number of ether oxygens (including phenoxy) is 1. The van der Waals surface area contributed by atoms with Gasteiger partial charge in [-0.1, -0.05) is 26.2 Å². The number of carbonyl (C=O) groups excluding carboxylic acids is 3. The van der Waals surface area contributed by atoms with Crippen molar-refractivity contribution in [2.45, 2.75) is 51.9 Å². The zero-order valence-corrected chi connectivity index (χ0v) is 17.3. The third kappa shape index (κ3) is 9.01. The summed E-state index contributed by atoms with van der Waals surface area (Å²) in [5.74, 6) is -1.57. The Hall–Kier alpha value is -1.67. The van der Waals surface area contributed by atoms with Crippen molar-refractivity contribution in [2.75, 3.05) is 40.0 Å². The number of nitrogens with one attached hydrogen (secondary N) is 3. The molecule has 1 fully saturated rings. The minimum absolute atomic E-state index is 0.0779. The predicted octanol–water partition coefficient (Wildman–Crippen LogP) is 0.587. The van der Waals surface area contributed by atoms with Gasteiger partial charge in [-0.2, -0.15) is 0 Å². The summed E-state index contributed by atoms with van der Waals surface area (Å²) in [5.41, 5.74) is 0. The van der Waals surface area contributed by atoms with E-state index in [-0.39, 0.29) is 42.7 Å². The van der Waals surface area contributed by atoms with Crippen LogP contribution in [0.4, 0.5) is 0 Å². The molecule has 0 aromatic heterocycles. The van der Waals surface area contributed by atoms with Gasteiger partial charge in [-0.05, 0) is 25.7 Å². The molecule has 1 rings (SSSR count). The van der Waals surface area contributed by atoms with Gasteiger partial charge in [0.25, 0.3) is 0 Å². The lowest BCUT2D eigenvalue weighted by molar-refractivity contribution is -0.135. The predicted molar refractivity (Wildman–Crippen MR) is 106 cm³/mol. The number of methoxy groups -OCH3 is 1. The van der Waals surface area contributed by atoms with Crippen LogP contribution in [0.25, 0.3) is 0 Å². The Labute approximate surface area is 168 Å². The van der Waals surface area contributed by atoms with Crippen molar-refractivity contribution in [3.05, 3.63) is 0 Å². The maximum absolute atomic E-state index is 12.6. The van der Waals surface area contributed by atoms with Crippen LogP contribution in [-0.2, 0) is 19.1 Å². The zero-order chi connectivity index (χ0) is 20.8. The third-order valence-electron chi connectivity index (χ3n) is 5.17. The Balaban J connectivity index is 2.65. The summed E-state index contributed by atoms with van der Waals surface area (Å²) in [6, 6.07) is 0. The summed E-state index contributed by atoms with van der Waals surface area (Å²) in [4.78, 5) is 37.5. The molecule has 8 nitrogen and oxygen atoms in total. The monoisotopic (exact) mass is 399 g/mol. The topological polar surface area (TPSA) is 117 Å². The molecule has 3 amide bonds. The van der Waals surface area contributed by atoms with Gasteiger partial charge in [-0.3, -0.25) is 14.4 Å². The molecule has 0 aromatic carbocycles. The smallest absolute Gasteiger partial charge is 0.223 e. The second-order valence-corrected chi connectivity index (χ2v) is 7.45. The highest BCUT2D eigenvalue weighted by atomic mass is 16.5. The molecule has 1 aliphatic carbocycles. The second kappa shape index (κ2) is 14.3. The first-order valence-electron chi connectivity index (χ1n) is 10.5. The highest BCUT2D eigenvalue weighted by Crippen LogP contribution is 2.34. The molecule has 1 aliphatic rings. The van der Waals surface area contributed by atoms with Gasteiger partial charge < -0.3 is 25.8 Å².